The van der Waals surface area contributed by atoms with E-state index in [0.717, 1.165) is 0 Å². The fourth-order valence-corrected chi connectivity index (χ4v) is 1.35. The van der Waals surface area contributed by atoms with Gasteiger partial charge in [0.1, 0.15) is 11.6 Å². The van der Waals surface area contributed by atoms with E-state index in [2.05, 4.69) is 25.7 Å². The van der Waals surface area contributed by atoms with Crippen molar-refractivity contribution in [2.45, 2.75) is 13.8 Å². The number of nitrogens with zero attached hydrogens (tertiary/aromatic N) is 1. The van der Waals surface area contributed by atoms with Gasteiger partial charge in [0, 0.05) is 6.92 Å². The quantitative estimate of drug-likeness (QED) is 0.727. The molecule has 0 radical (unpaired) electrons. The Bertz CT molecular complexity index is 493. The first kappa shape index (κ1) is 14.8. The van der Waals surface area contributed by atoms with Crippen molar-refractivity contribution in [3.05, 3.63) is 18.2 Å². The van der Waals surface area contributed by atoms with Crippen LogP contribution in [0.15, 0.2) is 18.2 Å². The average molecular weight is 282 g/mol. The average Bonchev–Trinajstić information content (AvgIpc) is 2.28. The summed E-state index contributed by atoms with van der Waals surface area (Å²) in [7, 11) is 0. The topological polar surface area (TPSA) is 92.4 Å². The van der Waals surface area contributed by atoms with Crippen LogP contribution in [-0.4, -0.2) is 28.7 Å². The Balaban J connectivity index is 2.59. The molecule has 0 unspecified atom stereocenters. The Morgan fingerprint density at radius 1 is 1.32 bits per heavy atom. The molecule has 1 aromatic heterocycles. The molecular formula is C11H14N4O3S. The van der Waals surface area contributed by atoms with Crippen LogP contribution in [0.1, 0.15) is 13.8 Å². The summed E-state index contributed by atoms with van der Waals surface area (Å²) in [6.07, 6.45) is -0.641. The van der Waals surface area contributed by atoms with Crippen LogP contribution >= 0.6 is 12.2 Å². The molecule has 0 aliphatic heterocycles. The predicted molar refractivity (Wildman–Crippen MR) is 74.9 cm³/mol. The third kappa shape index (κ3) is 5.77. The predicted octanol–water partition coefficient (Wildman–Crippen LogP) is 1.48. The smallest absolute Gasteiger partial charge is 0.413 e. The maximum atomic E-state index is 11.1. The molecule has 0 bridgehead atoms. The lowest BCUT2D eigenvalue weighted by molar-refractivity contribution is -0.114. The maximum absolute atomic E-state index is 11.1. The van der Waals surface area contributed by atoms with Crippen molar-refractivity contribution in [3.8, 4) is 0 Å². The van der Waals surface area contributed by atoms with Gasteiger partial charge < -0.3 is 15.4 Å². The van der Waals surface area contributed by atoms with E-state index in [4.69, 9.17) is 12.2 Å². The highest BCUT2D eigenvalue weighted by molar-refractivity contribution is 7.80. The Hall–Kier alpha value is -2.22. The molecule has 0 aromatic carbocycles. The lowest BCUT2D eigenvalue weighted by Crippen LogP contribution is -2.34. The van der Waals surface area contributed by atoms with Gasteiger partial charge in [-0.15, -0.1) is 0 Å². The Morgan fingerprint density at radius 3 is 2.53 bits per heavy atom. The summed E-state index contributed by atoms with van der Waals surface area (Å²) >= 11 is 4.91. The van der Waals surface area contributed by atoms with E-state index in [1.54, 1.807) is 25.1 Å². The molecule has 102 valence electrons. The number of ether oxygens (including phenoxy) is 1. The van der Waals surface area contributed by atoms with E-state index in [1.165, 1.54) is 6.92 Å². The molecule has 0 atom stereocenters. The van der Waals surface area contributed by atoms with E-state index >= 15 is 0 Å². The second-order valence-corrected chi connectivity index (χ2v) is 3.80. The van der Waals surface area contributed by atoms with E-state index in [9.17, 15) is 9.59 Å². The number of nitrogens with one attached hydrogen (secondary N) is 3. The molecule has 0 aliphatic carbocycles. The summed E-state index contributed by atoms with van der Waals surface area (Å²) in [5, 5.41) is 7.62. The number of hydrogen-bond acceptors (Lipinski definition) is 5. The molecule has 19 heavy (non-hydrogen) atoms. The van der Waals surface area contributed by atoms with Gasteiger partial charge in [-0.1, -0.05) is 6.07 Å². The fraction of sp³-hybridized carbons (Fsp3) is 0.273. The Labute approximate surface area is 115 Å². The number of hydrogen-bond donors (Lipinski definition) is 3. The van der Waals surface area contributed by atoms with Gasteiger partial charge in [0.15, 0.2) is 5.11 Å². The van der Waals surface area contributed by atoms with Crippen molar-refractivity contribution in [3.63, 3.8) is 0 Å². The molecule has 7 nitrogen and oxygen atoms in total. The van der Waals surface area contributed by atoms with Gasteiger partial charge in [0.2, 0.25) is 5.91 Å². The van der Waals surface area contributed by atoms with Gasteiger partial charge >= 0.3 is 6.09 Å². The van der Waals surface area contributed by atoms with Crippen molar-refractivity contribution in [1.82, 2.24) is 10.3 Å². The Kier molecular flexibility index (Phi) is 5.68. The Morgan fingerprint density at radius 2 is 1.95 bits per heavy atom. The number of aromatic nitrogens is 1. The lowest BCUT2D eigenvalue weighted by atomic mass is 10.4. The van der Waals surface area contributed by atoms with E-state index in [-0.39, 0.29) is 17.6 Å². The first-order valence-corrected chi connectivity index (χ1v) is 5.91. The third-order valence-corrected chi connectivity index (χ3v) is 1.99. The zero-order valence-corrected chi connectivity index (χ0v) is 11.3. The monoisotopic (exact) mass is 282 g/mol. The third-order valence-electron chi connectivity index (χ3n) is 1.79. The van der Waals surface area contributed by atoms with Gasteiger partial charge in [-0.05, 0) is 31.3 Å². The van der Waals surface area contributed by atoms with Crippen molar-refractivity contribution in [1.29, 1.82) is 0 Å². The van der Waals surface area contributed by atoms with Crippen LogP contribution < -0.4 is 16.0 Å². The van der Waals surface area contributed by atoms with Crippen LogP contribution in [0.2, 0.25) is 0 Å². The highest BCUT2D eigenvalue weighted by Crippen LogP contribution is 2.08. The molecule has 0 saturated carbocycles. The summed E-state index contributed by atoms with van der Waals surface area (Å²) in [5.41, 5.74) is 0. The first-order chi connectivity index (χ1) is 9.01. The van der Waals surface area contributed by atoms with Crippen LogP contribution in [0.3, 0.4) is 0 Å². The molecule has 1 heterocycles. The van der Waals surface area contributed by atoms with E-state index in [0.29, 0.717) is 11.6 Å². The second-order valence-electron chi connectivity index (χ2n) is 3.39. The van der Waals surface area contributed by atoms with Crippen LogP contribution in [0.25, 0.3) is 0 Å². The van der Waals surface area contributed by atoms with Gasteiger partial charge in [-0.3, -0.25) is 10.1 Å². The SMILES string of the molecule is CCOC(=O)NC(=S)Nc1cccc(NC(C)=O)n1. The number of pyridine rings is 1. The number of anilines is 2. The molecule has 0 fully saturated rings. The molecular weight excluding hydrogens is 268 g/mol. The molecule has 0 saturated heterocycles. The minimum atomic E-state index is -0.641. The van der Waals surface area contributed by atoms with Crippen molar-refractivity contribution < 1.29 is 14.3 Å². The molecule has 2 amide bonds. The fourth-order valence-electron chi connectivity index (χ4n) is 1.16. The van der Waals surface area contributed by atoms with Crippen molar-refractivity contribution in [2.75, 3.05) is 17.2 Å². The maximum Gasteiger partial charge on any atom is 0.413 e. The summed E-state index contributed by atoms with van der Waals surface area (Å²) in [5.74, 6) is 0.557. The van der Waals surface area contributed by atoms with Gasteiger partial charge in [-0.2, -0.15) is 0 Å². The van der Waals surface area contributed by atoms with Crippen molar-refractivity contribution >= 4 is 41.0 Å². The number of carbonyl (C=O) groups is 2. The molecule has 1 aromatic rings. The minimum absolute atomic E-state index is 0.0610. The zero-order chi connectivity index (χ0) is 14.3. The number of rotatable bonds is 3. The van der Waals surface area contributed by atoms with Crippen molar-refractivity contribution in [2.24, 2.45) is 0 Å². The molecule has 0 spiro atoms. The standard InChI is InChI=1S/C11H14N4O3S/c1-3-18-11(17)15-10(19)14-9-6-4-5-8(13-9)12-7(2)16/h4-6H,3H2,1-2H3,(H3,12,13,14,15,16,17,19). The number of carbonyl (C=O) groups excluding carboxylic acids is 2. The highest BCUT2D eigenvalue weighted by Gasteiger charge is 2.06. The van der Waals surface area contributed by atoms with E-state index in [1.807, 2.05) is 0 Å². The van der Waals surface area contributed by atoms with Crippen LogP contribution in [-0.2, 0) is 9.53 Å². The molecule has 1 rings (SSSR count). The summed E-state index contributed by atoms with van der Waals surface area (Å²) in [6, 6.07) is 4.96. The zero-order valence-electron chi connectivity index (χ0n) is 10.5. The molecule has 8 heteroatoms. The second kappa shape index (κ2) is 7.27. The van der Waals surface area contributed by atoms with E-state index < -0.39 is 6.09 Å². The molecule has 0 aliphatic rings. The van der Waals surface area contributed by atoms with Crippen LogP contribution in [0.5, 0.6) is 0 Å². The molecule has 3 N–H and O–H groups in total. The number of alkyl carbamates (subject to hydrolysis) is 1. The van der Waals surface area contributed by atoms with Gasteiger partial charge in [0.05, 0.1) is 6.61 Å². The van der Waals surface area contributed by atoms with Crippen LogP contribution in [0, 0.1) is 0 Å². The largest absolute Gasteiger partial charge is 0.450 e. The first-order valence-electron chi connectivity index (χ1n) is 5.50. The number of thiocarbonyl (C=S) groups is 1. The van der Waals surface area contributed by atoms with Gasteiger partial charge in [-0.25, -0.2) is 9.78 Å². The number of amides is 2. The lowest BCUT2D eigenvalue weighted by Gasteiger charge is -2.09. The highest BCUT2D eigenvalue weighted by atomic mass is 32.1. The summed E-state index contributed by atoms with van der Waals surface area (Å²) < 4.78 is 4.67. The summed E-state index contributed by atoms with van der Waals surface area (Å²) in [4.78, 5) is 26.1. The van der Waals surface area contributed by atoms with Crippen LogP contribution in [0.4, 0.5) is 16.4 Å². The summed E-state index contributed by atoms with van der Waals surface area (Å²) in [6.45, 7) is 3.33. The normalized spacial score (nSPS) is 9.37. The van der Waals surface area contributed by atoms with Gasteiger partial charge in [0.25, 0.3) is 0 Å². The minimum Gasteiger partial charge on any atom is -0.450 e.